The third kappa shape index (κ3) is 4.03. The molecule has 2 aromatic heterocycles. The van der Waals surface area contributed by atoms with E-state index in [4.69, 9.17) is 5.73 Å². The van der Waals surface area contributed by atoms with E-state index in [9.17, 15) is 22.4 Å². The van der Waals surface area contributed by atoms with E-state index in [0.717, 1.165) is 12.1 Å². The minimum absolute atomic E-state index is 0.0209. The van der Waals surface area contributed by atoms with Crippen molar-refractivity contribution in [1.82, 2.24) is 14.8 Å². The number of nitrogens with two attached hydrogens (primary N) is 1. The van der Waals surface area contributed by atoms with Crippen molar-refractivity contribution in [3.8, 4) is 11.4 Å². The topological polar surface area (TPSA) is 73.8 Å². The Balaban J connectivity index is 1.92. The second-order valence-corrected chi connectivity index (χ2v) is 6.36. The van der Waals surface area contributed by atoms with Gasteiger partial charge in [-0.25, -0.2) is 4.39 Å². The van der Waals surface area contributed by atoms with E-state index in [-0.39, 0.29) is 12.0 Å². The van der Waals surface area contributed by atoms with Crippen LogP contribution in [0.5, 0.6) is 0 Å². The molecule has 0 bridgehead atoms. The number of pyridine rings is 1. The first-order valence-electron chi connectivity index (χ1n) is 8.22. The van der Waals surface area contributed by atoms with E-state index in [1.165, 1.54) is 4.68 Å². The lowest BCUT2D eigenvalue weighted by molar-refractivity contribution is -0.137. The van der Waals surface area contributed by atoms with Crippen LogP contribution in [0.15, 0.2) is 36.4 Å². The zero-order chi connectivity index (χ0) is 20.6. The molecule has 0 saturated heterocycles. The molecule has 9 heteroatoms. The van der Waals surface area contributed by atoms with Gasteiger partial charge in [-0.1, -0.05) is 0 Å². The van der Waals surface area contributed by atoms with Gasteiger partial charge in [-0.2, -0.15) is 18.3 Å². The van der Waals surface area contributed by atoms with E-state index >= 15 is 0 Å². The predicted octanol–water partition coefficient (Wildman–Crippen LogP) is 3.64. The van der Waals surface area contributed by atoms with E-state index in [1.54, 1.807) is 32.2 Å². The van der Waals surface area contributed by atoms with Crippen molar-refractivity contribution in [2.45, 2.75) is 19.5 Å². The third-order valence-corrected chi connectivity index (χ3v) is 4.21. The average molecular weight is 392 g/mol. The molecule has 146 valence electrons. The van der Waals surface area contributed by atoms with Crippen LogP contribution in [0.25, 0.3) is 11.4 Å². The Morgan fingerprint density at radius 2 is 1.89 bits per heavy atom. The van der Waals surface area contributed by atoms with Gasteiger partial charge in [0, 0.05) is 13.5 Å². The van der Waals surface area contributed by atoms with Crippen LogP contribution in [-0.4, -0.2) is 20.7 Å². The molecule has 3 aromatic rings. The Morgan fingerprint density at radius 3 is 2.50 bits per heavy atom. The van der Waals surface area contributed by atoms with Gasteiger partial charge in [0.25, 0.3) is 5.91 Å². The van der Waals surface area contributed by atoms with Crippen molar-refractivity contribution in [1.29, 1.82) is 0 Å². The minimum atomic E-state index is -4.63. The minimum Gasteiger partial charge on any atom is -0.366 e. The number of aromatic nitrogens is 3. The Labute approximate surface area is 157 Å². The Morgan fingerprint density at radius 1 is 1.18 bits per heavy atom. The number of halogens is 4. The number of carbonyl (C=O) groups is 1. The van der Waals surface area contributed by atoms with Crippen molar-refractivity contribution in [2.24, 2.45) is 12.8 Å². The highest BCUT2D eigenvalue weighted by Crippen LogP contribution is 2.31. The maximum atomic E-state index is 13.6. The normalized spacial score (nSPS) is 11.6. The molecule has 0 aliphatic rings. The Bertz CT molecular complexity index is 1060. The first-order chi connectivity index (χ1) is 13.0. The van der Waals surface area contributed by atoms with Gasteiger partial charge < -0.3 is 5.73 Å². The van der Waals surface area contributed by atoms with Gasteiger partial charge in [-0.05, 0) is 48.9 Å². The lowest BCUT2D eigenvalue weighted by Crippen LogP contribution is -2.13. The van der Waals surface area contributed by atoms with Gasteiger partial charge in [-0.15, -0.1) is 0 Å². The van der Waals surface area contributed by atoms with Crippen LogP contribution >= 0.6 is 0 Å². The zero-order valence-electron chi connectivity index (χ0n) is 15.0. The van der Waals surface area contributed by atoms with Crippen LogP contribution < -0.4 is 5.73 Å². The van der Waals surface area contributed by atoms with Crippen LogP contribution in [0.3, 0.4) is 0 Å². The van der Waals surface area contributed by atoms with E-state index < -0.39 is 23.5 Å². The molecular formula is C19H16F4N4O. The molecule has 1 aromatic carbocycles. The molecule has 0 unspecified atom stereocenters. The quantitative estimate of drug-likeness (QED) is 0.689. The molecule has 0 fully saturated rings. The lowest BCUT2D eigenvalue weighted by Gasteiger charge is -2.08. The fraction of sp³-hybridized carbons (Fsp3) is 0.211. The van der Waals surface area contributed by atoms with Crippen LogP contribution in [0.4, 0.5) is 17.6 Å². The third-order valence-electron chi connectivity index (χ3n) is 4.21. The maximum Gasteiger partial charge on any atom is 0.416 e. The number of benzene rings is 1. The van der Waals surface area contributed by atoms with Gasteiger partial charge in [-0.3, -0.25) is 14.5 Å². The van der Waals surface area contributed by atoms with Crippen molar-refractivity contribution < 1.29 is 22.4 Å². The van der Waals surface area contributed by atoms with Crippen LogP contribution in [-0.2, 0) is 19.6 Å². The molecule has 2 N–H and O–H groups in total. The second-order valence-electron chi connectivity index (χ2n) is 6.36. The largest absolute Gasteiger partial charge is 0.416 e. The molecule has 1 amide bonds. The summed E-state index contributed by atoms with van der Waals surface area (Å²) in [6.07, 6.45) is -4.61. The molecule has 2 heterocycles. The van der Waals surface area contributed by atoms with Crippen LogP contribution in [0, 0.1) is 12.7 Å². The molecule has 5 nitrogen and oxygen atoms in total. The highest BCUT2D eigenvalue weighted by atomic mass is 19.4. The molecule has 0 saturated carbocycles. The molecule has 0 atom stereocenters. The molecule has 0 spiro atoms. The summed E-state index contributed by atoms with van der Waals surface area (Å²) >= 11 is 0. The number of aryl methyl sites for hydroxylation is 2. The molecule has 0 radical (unpaired) electrons. The number of hydrogen-bond acceptors (Lipinski definition) is 3. The molecular weight excluding hydrogens is 376 g/mol. The smallest absolute Gasteiger partial charge is 0.366 e. The van der Waals surface area contributed by atoms with Crippen LogP contribution in [0.1, 0.15) is 32.9 Å². The zero-order valence-corrected chi connectivity index (χ0v) is 15.0. The average Bonchev–Trinajstić information content (AvgIpc) is 2.93. The van der Waals surface area contributed by atoms with Crippen LogP contribution in [0.2, 0.25) is 0 Å². The fourth-order valence-corrected chi connectivity index (χ4v) is 2.94. The summed E-state index contributed by atoms with van der Waals surface area (Å²) in [6.45, 7) is 1.65. The van der Waals surface area contributed by atoms with Gasteiger partial charge in [0.1, 0.15) is 5.82 Å². The first-order valence-corrected chi connectivity index (χ1v) is 8.22. The SMILES string of the molecule is Cc1nc(-c2cc(Cc3cc(F)cc(C(F)(F)F)c3)nn2C)ccc1C(N)=O. The number of carbonyl (C=O) groups excluding carboxylic acids is 1. The summed E-state index contributed by atoms with van der Waals surface area (Å²) in [5, 5.41) is 4.27. The monoisotopic (exact) mass is 392 g/mol. The Hall–Kier alpha value is -3.23. The second kappa shape index (κ2) is 7.06. The summed E-state index contributed by atoms with van der Waals surface area (Å²) in [6, 6.07) is 7.23. The van der Waals surface area contributed by atoms with Gasteiger partial charge in [0.05, 0.1) is 33.9 Å². The predicted molar refractivity (Wildman–Crippen MR) is 93.9 cm³/mol. The number of alkyl halides is 3. The summed E-state index contributed by atoms with van der Waals surface area (Å²) in [7, 11) is 1.66. The van der Waals surface area contributed by atoms with Crippen molar-refractivity contribution in [2.75, 3.05) is 0 Å². The number of hydrogen-bond donors (Lipinski definition) is 1. The van der Waals surface area contributed by atoms with Gasteiger partial charge in [0.2, 0.25) is 0 Å². The van der Waals surface area contributed by atoms with Crippen molar-refractivity contribution in [3.05, 3.63) is 70.3 Å². The highest BCUT2D eigenvalue weighted by Gasteiger charge is 2.31. The molecule has 28 heavy (non-hydrogen) atoms. The first kappa shape index (κ1) is 19.5. The number of rotatable bonds is 4. The van der Waals surface area contributed by atoms with E-state index in [0.29, 0.717) is 34.4 Å². The molecule has 0 aliphatic carbocycles. The van der Waals surface area contributed by atoms with Gasteiger partial charge >= 0.3 is 6.18 Å². The Kier molecular flexibility index (Phi) is 4.93. The lowest BCUT2D eigenvalue weighted by atomic mass is 10.1. The number of primary amides is 1. The van der Waals surface area contributed by atoms with E-state index in [1.807, 2.05) is 0 Å². The van der Waals surface area contributed by atoms with E-state index in [2.05, 4.69) is 10.1 Å². The van der Waals surface area contributed by atoms with Crippen molar-refractivity contribution >= 4 is 5.91 Å². The number of nitrogens with zero attached hydrogens (tertiary/aromatic N) is 3. The highest BCUT2D eigenvalue weighted by molar-refractivity contribution is 5.94. The molecule has 0 aliphatic heterocycles. The van der Waals surface area contributed by atoms with Crippen molar-refractivity contribution in [3.63, 3.8) is 0 Å². The fourth-order valence-electron chi connectivity index (χ4n) is 2.94. The summed E-state index contributed by atoms with van der Waals surface area (Å²) in [5.41, 5.74) is 6.71. The summed E-state index contributed by atoms with van der Waals surface area (Å²) in [5.74, 6) is -1.55. The van der Waals surface area contributed by atoms with Gasteiger partial charge in [0.15, 0.2) is 0 Å². The molecule has 3 rings (SSSR count). The standard InChI is InChI=1S/C19H16F4N4O/c1-10-15(18(24)28)3-4-16(25-10)17-9-14(26-27(17)2)7-11-5-12(19(21,22)23)8-13(20)6-11/h3-6,8-9H,7H2,1-2H3,(H2,24,28). The maximum absolute atomic E-state index is 13.6. The summed E-state index contributed by atoms with van der Waals surface area (Å²) < 4.78 is 53.7. The number of amides is 1. The summed E-state index contributed by atoms with van der Waals surface area (Å²) in [4.78, 5) is 15.7.